The Balaban J connectivity index is 1.35. The third kappa shape index (κ3) is 3.89. The number of amides is 1. The zero-order chi connectivity index (χ0) is 20.5. The molecule has 1 N–H and O–H groups in total. The summed E-state index contributed by atoms with van der Waals surface area (Å²) in [5, 5.41) is 13.6. The van der Waals surface area contributed by atoms with E-state index < -0.39 is 0 Å². The van der Waals surface area contributed by atoms with Gasteiger partial charge in [-0.05, 0) is 31.2 Å². The van der Waals surface area contributed by atoms with E-state index in [4.69, 9.17) is 0 Å². The zero-order valence-electron chi connectivity index (χ0n) is 16.5. The second-order valence-corrected chi connectivity index (χ2v) is 10.1. The number of thiophene rings is 2. The Labute approximate surface area is 186 Å². The molecule has 4 aromatic rings. The van der Waals surface area contributed by atoms with Gasteiger partial charge in [0.1, 0.15) is 21.5 Å². The lowest BCUT2D eigenvalue weighted by atomic mass is 10.2. The fourth-order valence-electron chi connectivity index (χ4n) is 3.89. The fraction of sp³-hybridized carbons (Fsp3) is 0.333. The van der Waals surface area contributed by atoms with Crippen LogP contribution in [0.25, 0.3) is 20.7 Å². The first-order valence-electron chi connectivity index (χ1n) is 9.95. The minimum Gasteiger partial charge on any atom is -0.310 e. The van der Waals surface area contributed by atoms with Crippen LogP contribution in [0, 0.1) is 6.92 Å². The monoisotopic (exact) mass is 455 g/mol. The van der Waals surface area contributed by atoms with Gasteiger partial charge in [0.15, 0.2) is 0 Å². The predicted octanol–water partition coefficient (Wildman–Crippen LogP) is 5.77. The van der Waals surface area contributed by atoms with Gasteiger partial charge in [-0.1, -0.05) is 30.7 Å². The molecule has 1 fully saturated rings. The average Bonchev–Trinajstić information content (AvgIpc) is 3.52. The van der Waals surface area contributed by atoms with Crippen LogP contribution in [0.5, 0.6) is 0 Å². The summed E-state index contributed by atoms with van der Waals surface area (Å²) in [6.45, 7) is 1.90. The lowest BCUT2D eigenvalue weighted by molar-refractivity contribution is -0.113. The molecule has 0 bridgehead atoms. The number of hydrogen-bond acceptors (Lipinski definition) is 7. The van der Waals surface area contributed by atoms with Gasteiger partial charge < -0.3 is 5.32 Å². The molecule has 0 aromatic carbocycles. The molecule has 0 saturated heterocycles. The second-order valence-electron chi connectivity index (χ2n) is 7.32. The molecule has 154 valence electrons. The van der Waals surface area contributed by atoms with Crippen molar-refractivity contribution < 1.29 is 4.79 Å². The highest BCUT2D eigenvalue weighted by atomic mass is 32.2. The molecule has 9 heteroatoms. The quantitative estimate of drug-likeness (QED) is 0.295. The van der Waals surface area contributed by atoms with Gasteiger partial charge in [0.25, 0.3) is 0 Å². The van der Waals surface area contributed by atoms with Crippen LogP contribution in [0.4, 0.5) is 5.82 Å². The minimum atomic E-state index is -0.0444. The number of carbonyl (C=O) groups is 1. The molecule has 5 rings (SSSR count). The van der Waals surface area contributed by atoms with Gasteiger partial charge in [0.05, 0.1) is 23.4 Å². The predicted molar refractivity (Wildman–Crippen MR) is 125 cm³/mol. The van der Waals surface area contributed by atoms with E-state index in [1.54, 1.807) is 28.9 Å². The first-order chi connectivity index (χ1) is 14.7. The summed E-state index contributed by atoms with van der Waals surface area (Å²) in [5.41, 5.74) is 1.15. The first-order valence-corrected chi connectivity index (χ1v) is 12.7. The molecular formula is C21H21N5OS3. The number of aryl methyl sites for hydroxylation is 1. The van der Waals surface area contributed by atoms with Crippen molar-refractivity contribution in [2.45, 2.75) is 43.7 Å². The van der Waals surface area contributed by atoms with Gasteiger partial charge in [0, 0.05) is 21.9 Å². The van der Waals surface area contributed by atoms with Crippen molar-refractivity contribution in [2.24, 2.45) is 0 Å². The fourth-order valence-corrected chi connectivity index (χ4v) is 6.65. The molecule has 4 heterocycles. The van der Waals surface area contributed by atoms with Crippen LogP contribution in [0.2, 0.25) is 0 Å². The Hall–Kier alpha value is -2.23. The number of nitrogens with one attached hydrogen (secondary N) is 1. The van der Waals surface area contributed by atoms with E-state index in [1.807, 2.05) is 23.7 Å². The van der Waals surface area contributed by atoms with E-state index in [0.29, 0.717) is 11.8 Å². The van der Waals surface area contributed by atoms with Crippen LogP contribution in [-0.4, -0.2) is 31.4 Å². The number of carbonyl (C=O) groups excluding carboxylic acids is 1. The maximum Gasteiger partial charge on any atom is 0.235 e. The van der Waals surface area contributed by atoms with Crippen molar-refractivity contribution in [1.29, 1.82) is 0 Å². The van der Waals surface area contributed by atoms with Crippen LogP contribution in [-0.2, 0) is 4.79 Å². The van der Waals surface area contributed by atoms with E-state index >= 15 is 0 Å². The number of aromatic nitrogens is 4. The number of thioether (sulfide) groups is 1. The standard InChI is InChI=1S/C21H21N5OS3/c1-13-23-20-19(15(11-29-20)16-7-4-10-28-16)21(24-13)30-12-18(27)25-17-8-9-22-26(17)14-5-2-3-6-14/h4,7-11,14H,2-3,5-6,12H2,1H3,(H,25,27). The third-order valence-electron chi connectivity index (χ3n) is 5.25. The highest BCUT2D eigenvalue weighted by Gasteiger charge is 2.21. The summed E-state index contributed by atoms with van der Waals surface area (Å²) in [6.07, 6.45) is 6.47. The van der Waals surface area contributed by atoms with Gasteiger partial charge in [-0.15, -0.1) is 22.7 Å². The van der Waals surface area contributed by atoms with E-state index in [2.05, 4.69) is 37.2 Å². The smallest absolute Gasteiger partial charge is 0.235 e. The van der Waals surface area contributed by atoms with Gasteiger partial charge >= 0.3 is 0 Å². The summed E-state index contributed by atoms with van der Waals surface area (Å²) in [4.78, 5) is 24.1. The molecule has 0 unspecified atom stereocenters. The molecule has 1 aliphatic rings. The van der Waals surface area contributed by atoms with Crippen molar-refractivity contribution >= 4 is 56.4 Å². The SMILES string of the molecule is Cc1nc(SCC(=O)Nc2ccnn2C2CCCC2)c2c(-c3cccs3)csc2n1. The summed E-state index contributed by atoms with van der Waals surface area (Å²) in [6, 6.07) is 6.43. The maximum absolute atomic E-state index is 12.7. The van der Waals surface area contributed by atoms with E-state index in [0.717, 1.165) is 45.3 Å². The van der Waals surface area contributed by atoms with Crippen LogP contribution in [0.15, 0.2) is 40.2 Å². The Morgan fingerprint density at radius 3 is 2.93 bits per heavy atom. The van der Waals surface area contributed by atoms with Gasteiger partial charge in [-0.25, -0.2) is 14.6 Å². The van der Waals surface area contributed by atoms with Crippen molar-refractivity contribution in [3.05, 3.63) is 41.0 Å². The van der Waals surface area contributed by atoms with Crippen molar-refractivity contribution in [3.63, 3.8) is 0 Å². The number of hydrogen-bond donors (Lipinski definition) is 1. The molecule has 0 aliphatic heterocycles. The van der Waals surface area contributed by atoms with E-state index in [1.165, 1.54) is 29.5 Å². The average molecular weight is 456 g/mol. The van der Waals surface area contributed by atoms with Gasteiger partial charge in [-0.3, -0.25) is 4.79 Å². The molecule has 0 atom stereocenters. The van der Waals surface area contributed by atoms with Crippen LogP contribution >= 0.6 is 34.4 Å². The molecular weight excluding hydrogens is 434 g/mol. The van der Waals surface area contributed by atoms with E-state index in [9.17, 15) is 4.79 Å². The number of anilines is 1. The maximum atomic E-state index is 12.7. The zero-order valence-corrected chi connectivity index (χ0v) is 18.9. The number of nitrogens with zero attached hydrogens (tertiary/aromatic N) is 4. The molecule has 30 heavy (non-hydrogen) atoms. The highest BCUT2D eigenvalue weighted by Crippen LogP contribution is 2.40. The molecule has 1 aliphatic carbocycles. The lowest BCUT2D eigenvalue weighted by Gasteiger charge is -2.14. The number of rotatable bonds is 6. The summed E-state index contributed by atoms with van der Waals surface area (Å²) in [7, 11) is 0. The van der Waals surface area contributed by atoms with Crippen molar-refractivity contribution in [3.8, 4) is 10.4 Å². The Kier molecular flexibility index (Phi) is 5.58. The topological polar surface area (TPSA) is 72.7 Å². The summed E-state index contributed by atoms with van der Waals surface area (Å²) >= 11 is 4.79. The molecule has 0 radical (unpaired) electrons. The third-order valence-corrected chi connectivity index (χ3v) is 8.00. The molecule has 0 spiro atoms. The van der Waals surface area contributed by atoms with Crippen LogP contribution < -0.4 is 5.32 Å². The van der Waals surface area contributed by atoms with Crippen molar-refractivity contribution in [2.75, 3.05) is 11.1 Å². The first kappa shape index (κ1) is 19.7. The Morgan fingerprint density at radius 2 is 2.13 bits per heavy atom. The molecule has 1 amide bonds. The Morgan fingerprint density at radius 1 is 1.27 bits per heavy atom. The summed E-state index contributed by atoms with van der Waals surface area (Å²) in [5.74, 6) is 1.76. The van der Waals surface area contributed by atoms with Crippen LogP contribution in [0.1, 0.15) is 37.5 Å². The van der Waals surface area contributed by atoms with E-state index in [-0.39, 0.29) is 5.91 Å². The molecule has 4 aromatic heterocycles. The normalized spacial score (nSPS) is 14.6. The van der Waals surface area contributed by atoms with Crippen LogP contribution in [0.3, 0.4) is 0 Å². The molecule has 1 saturated carbocycles. The summed E-state index contributed by atoms with van der Waals surface area (Å²) < 4.78 is 1.97. The number of fused-ring (bicyclic) bond motifs is 1. The molecule has 6 nitrogen and oxygen atoms in total. The van der Waals surface area contributed by atoms with Crippen molar-refractivity contribution in [1.82, 2.24) is 19.7 Å². The lowest BCUT2D eigenvalue weighted by Crippen LogP contribution is -2.19. The van der Waals surface area contributed by atoms with Gasteiger partial charge in [0.2, 0.25) is 5.91 Å². The Bertz CT molecular complexity index is 1170. The second kappa shape index (κ2) is 8.49. The minimum absolute atomic E-state index is 0.0444. The highest BCUT2D eigenvalue weighted by molar-refractivity contribution is 8.00. The largest absolute Gasteiger partial charge is 0.310 e. The van der Waals surface area contributed by atoms with Gasteiger partial charge in [-0.2, -0.15) is 5.10 Å².